The maximum atomic E-state index is 11.6. The molecule has 0 aromatic rings. The summed E-state index contributed by atoms with van der Waals surface area (Å²) in [6, 6.07) is -0.590. The summed E-state index contributed by atoms with van der Waals surface area (Å²) in [7, 11) is 0. The van der Waals surface area contributed by atoms with Gasteiger partial charge >= 0.3 is 0 Å². The highest BCUT2D eigenvalue weighted by Gasteiger charge is 2.18. The standard InChI is InChI=1S/C13H28N4O2/c1-4-7-16-12(18)10-11(13(14)19)15-8-9-17(5-2)6-3/h11,15H,4-10H2,1-3H3,(H2,14,19)(H,16,18). The Morgan fingerprint density at radius 2 is 1.79 bits per heavy atom. The summed E-state index contributed by atoms with van der Waals surface area (Å²) < 4.78 is 0. The van der Waals surface area contributed by atoms with E-state index < -0.39 is 11.9 Å². The summed E-state index contributed by atoms with van der Waals surface area (Å²) in [4.78, 5) is 25.1. The van der Waals surface area contributed by atoms with Crippen molar-refractivity contribution in [1.29, 1.82) is 0 Å². The Hall–Kier alpha value is -1.14. The molecule has 0 heterocycles. The molecular weight excluding hydrogens is 244 g/mol. The summed E-state index contributed by atoms with van der Waals surface area (Å²) in [5.74, 6) is -0.618. The van der Waals surface area contributed by atoms with Crippen molar-refractivity contribution in [3.05, 3.63) is 0 Å². The first-order valence-electron chi connectivity index (χ1n) is 7.06. The zero-order chi connectivity index (χ0) is 14.7. The molecule has 1 unspecified atom stereocenters. The zero-order valence-corrected chi connectivity index (χ0v) is 12.4. The highest BCUT2D eigenvalue weighted by molar-refractivity contribution is 5.87. The lowest BCUT2D eigenvalue weighted by molar-refractivity contribution is -0.126. The molecule has 4 N–H and O–H groups in total. The Bertz CT molecular complexity index is 267. The maximum Gasteiger partial charge on any atom is 0.235 e. The average Bonchev–Trinajstić information content (AvgIpc) is 2.39. The van der Waals surface area contributed by atoms with Gasteiger partial charge in [0.05, 0.1) is 12.5 Å². The number of likely N-dealkylation sites (N-methyl/N-ethyl adjacent to an activating group) is 1. The molecule has 2 amide bonds. The second-order valence-electron chi connectivity index (χ2n) is 4.49. The molecule has 0 saturated carbocycles. The Balaban J connectivity index is 4.05. The van der Waals surface area contributed by atoms with Gasteiger partial charge in [0, 0.05) is 19.6 Å². The van der Waals surface area contributed by atoms with Crippen LogP contribution in [0, 0.1) is 0 Å². The SMILES string of the molecule is CCCNC(=O)CC(NCCN(CC)CC)C(N)=O. The van der Waals surface area contributed by atoms with Gasteiger partial charge in [-0.15, -0.1) is 0 Å². The number of hydrogen-bond donors (Lipinski definition) is 3. The summed E-state index contributed by atoms with van der Waals surface area (Å²) in [6.45, 7) is 10.2. The minimum absolute atomic E-state index is 0.105. The first kappa shape index (κ1) is 17.9. The molecule has 0 aromatic heterocycles. The second kappa shape index (κ2) is 10.8. The van der Waals surface area contributed by atoms with E-state index in [1.165, 1.54) is 0 Å². The molecule has 0 radical (unpaired) electrons. The third-order valence-corrected chi connectivity index (χ3v) is 3.02. The van der Waals surface area contributed by atoms with Gasteiger partial charge in [0.1, 0.15) is 0 Å². The van der Waals surface area contributed by atoms with Crippen molar-refractivity contribution in [3.63, 3.8) is 0 Å². The third-order valence-electron chi connectivity index (χ3n) is 3.02. The lowest BCUT2D eigenvalue weighted by Crippen LogP contribution is -2.47. The van der Waals surface area contributed by atoms with E-state index >= 15 is 0 Å². The molecule has 6 heteroatoms. The van der Waals surface area contributed by atoms with Crippen molar-refractivity contribution < 1.29 is 9.59 Å². The van der Waals surface area contributed by atoms with Gasteiger partial charge in [0.25, 0.3) is 0 Å². The van der Waals surface area contributed by atoms with Crippen molar-refractivity contribution in [2.75, 3.05) is 32.7 Å². The predicted octanol–water partition coefficient (Wildman–Crippen LogP) is -0.312. The number of nitrogens with zero attached hydrogens (tertiary/aromatic N) is 1. The zero-order valence-electron chi connectivity index (χ0n) is 12.4. The number of primary amides is 1. The number of nitrogens with one attached hydrogen (secondary N) is 2. The fraction of sp³-hybridized carbons (Fsp3) is 0.846. The largest absolute Gasteiger partial charge is 0.368 e. The van der Waals surface area contributed by atoms with E-state index in [4.69, 9.17) is 5.73 Å². The van der Waals surface area contributed by atoms with Gasteiger partial charge in [-0.05, 0) is 19.5 Å². The molecule has 0 fully saturated rings. The van der Waals surface area contributed by atoms with E-state index in [0.717, 1.165) is 26.1 Å². The van der Waals surface area contributed by atoms with E-state index in [9.17, 15) is 9.59 Å². The van der Waals surface area contributed by atoms with Crippen LogP contribution in [0.15, 0.2) is 0 Å². The number of hydrogen-bond acceptors (Lipinski definition) is 4. The lowest BCUT2D eigenvalue weighted by atomic mass is 10.2. The molecule has 0 aliphatic heterocycles. The van der Waals surface area contributed by atoms with Crippen LogP contribution in [0.25, 0.3) is 0 Å². The smallest absolute Gasteiger partial charge is 0.235 e. The Labute approximate surface area is 116 Å². The van der Waals surface area contributed by atoms with Crippen LogP contribution in [-0.2, 0) is 9.59 Å². The molecule has 19 heavy (non-hydrogen) atoms. The van der Waals surface area contributed by atoms with E-state index in [1.807, 2.05) is 6.92 Å². The molecular formula is C13H28N4O2. The number of rotatable bonds is 11. The van der Waals surface area contributed by atoms with Crippen molar-refractivity contribution in [3.8, 4) is 0 Å². The molecule has 0 spiro atoms. The van der Waals surface area contributed by atoms with Gasteiger partial charge in [-0.1, -0.05) is 20.8 Å². The predicted molar refractivity (Wildman–Crippen MR) is 76.7 cm³/mol. The van der Waals surface area contributed by atoms with Crippen LogP contribution in [0.2, 0.25) is 0 Å². The van der Waals surface area contributed by atoms with Crippen LogP contribution in [0.3, 0.4) is 0 Å². The average molecular weight is 272 g/mol. The third kappa shape index (κ3) is 8.56. The maximum absolute atomic E-state index is 11.6. The van der Waals surface area contributed by atoms with Crippen LogP contribution in [0.1, 0.15) is 33.6 Å². The minimum Gasteiger partial charge on any atom is -0.368 e. The molecule has 1 atom stereocenters. The number of nitrogens with two attached hydrogens (primary N) is 1. The summed E-state index contributed by atoms with van der Waals surface area (Å²) >= 11 is 0. The number of carbonyl (C=O) groups is 2. The second-order valence-corrected chi connectivity index (χ2v) is 4.49. The van der Waals surface area contributed by atoms with Gasteiger partial charge in [-0.3, -0.25) is 9.59 Å². The summed E-state index contributed by atoms with van der Waals surface area (Å²) in [5.41, 5.74) is 5.30. The molecule has 0 aliphatic rings. The first-order valence-corrected chi connectivity index (χ1v) is 7.06. The van der Waals surface area contributed by atoms with Crippen molar-refractivity contribution >= 4 is 11.8 Å². The van der Waals surface area contributed by atoms with E-state index in [2.05, 4.69) is 29.4 Å². The van der Waals surface area contributed by atoms with E-state index in [-0.39, 0.29) is 12.3 Å². The molecule has 0 rings (SSSR count). The molecule has 0 aromatic carbocycles. The topological polar surface area (TPSA) is 87.5 Å². The molecule has 0 saturated heterocycles. The molecule has 0 bridgehead atoms. The summed E-state index contributed by atoms with van der Waals surface area (Å²) in [6.07, 6.45) is 0.982. The minimum atomic E-state index is -0.590. The first-order chi connectivity index (χ1) is 9.04. The van der Waals surface area contributed by atoms with Crippen LogP contribution >= 0.6 is 0 Å². The molecule has 112 valence electrons. The fourth-order valence-electron chi connectivity index (χ4n) is 1.73. The Morgan fingerprint density at radius 1 is 1.16 bits per heavy atom. The number of amides is 2. The van der Waals surface area contributed by atoms with Gasteiger partial charge < -0.3 is 21.3 Å². The van der Waals surface area contributed by atoms with Crippen LogP contribution < -0.4 is 16.4 Å². The Morgan fingerprint density at radius 3 is 2.26 bits per heavy atom. The Kier molecular flexibility index (Phi) is 10.1. The molecule has 6 nitrogen and oxygen atoms in total. The van der Waals surface area contributed by atoms with Crippen molar-refractivity contribution in [2.24, 2.45) is 5.73 Å². The van der Waals surface area contributed by atoms with Gasteiger partial charge in [0.2, 0.25) is 11.8 Å². The summed E-state index contributed by atoms with van der Waals surface area (Å²) in [5, 5.41) is 5.79. The molecule has 0 aliphatic carbocycles. The van der Waals surface area contributed by atoms with Crippen LogP contribution in [-0.4, -0.2) is 55.5 Å². The highest BCUT2D eigenvalue weighted by Crippen LogP contribution is 1.93. The van der Waals surface area contributed by atoms with E-state index in [1.54, 1.807) is 0 Å². The van der Waals surface area contributed by atoms with Gasteiger partial charge in [-0.2, -0.15) is 0 Å². The van der Waals surface area contributed by atoms with Crippen molar-refractivity contribution in [1.82, 2.24) is 15.5 Å². The van der Waals surface area contributed by atoms with Crippen molar-refractivity contribution in [2.45, 2.75) is 39.7 Å². The van der Waals surface area contributed by atoms with Crippen LogP contribution in [0.5, 0.6) is 0 Å². The van der Waals surface area contributed by atoms with Gasteiger partial charge in [0.15, 0.2) is 0 Å². The monoisotopic (exact) mass is 272 g/mol. The normalized spacial score (nSPS) is 12.4. The highest BCUT2D eigenvalue weighted by atomic mass is 16.2. The number of carbonyl (C=O) groups excluding carboxylic acids is 2. The van der Waals surface area contributed by atoms with Crippen LogP contribution in [0.4, 0.5) is 0 Å². The van der Waals surface area contributed by atoms with E-state index in [0.29, 0.717) is 13.1 Å². The van der Waals surface area contributed by atoms with Gasteiger partial charge in [-0.25, -0.2) is 0 Å². The fourth-order valence-corrected chi connectivity index (χ4v) is 1.73. The lowest BCUT2D eigenvalue weighted by Gasteiger charge is -2.20. The quantitative estimate of drug-likeness (QED) is 0.481.